The number of anilines is 1. The molecule has 18 heavy (non-hydrogen) atoms. The van der Waals surface area contributed by atoms with E-state index in [1.54, 1.807) is 36.4 Å². The van der Waals surface area contributed by atoms with E-state index in [1.165, 1.54) is 6.07 Å². The Morgan fingerprint density at radius 2 is 1.89 bits per heavy atom. The van der Waals surface area contributed by atoms with Gasteiger partial charge < -0.3 is 10.5 Å². The molecular formula is C13H12N2O3. The minimum absolute atomic E-state index is 0.0798. The first-order valence-corrected chi connectivity index (χ1v) is 5.35. The van der Waals surface area contributed by atoms with Crippen molar-refractivity contribution in [1.29, 1.82) is 0 Å². The Bertz CT molecular complexity index is 597. The van der Waals surface area contributed by atoms with E-state index in [2.05, 4.69) is 0 Å². The first kappa shape index (κ1) is 11.9. The van der Waals surface area contributed by atoms with Gasteiger partial charge in [-0.2, -0.15) is 0 Å². The van der Waals surface area contributed by atoms with E-state index in [0.29, 0.717) is 11.4 Å². The molecule has 5 heteroatoms. The molecule has 0 aliphatic carbocycles. The Morgan fingerprint density at radius 3 is 2.56 bits per heavy atom. The predicted octanol–water partition coefficient (Wildman–Crippen LogP) is 3.28. The number of nitrogen functional groups attached to an aromatic ring is 1. The molecule has 0 radical (unpaired) electrons. The summed E-state index contributed by atoms with van der Waals surface area (Å²) < 4.78 is 5.52. The van der Waals surface area contributed by atoms with Crippen molar-refractivity contribution in [2.75, 3.05) is 5.73 Å². The normalized spacial score (nSPS) is 10.1. The fraction of sp³-hybridized carbons (Fsp3) is 0.0769. The van der Waals surface area contributed by atoms with Crippen molar-refractivity contribution in [3.05, 3.63) is 58.1 Å². The topological polar surface area (TPSA) is 78.4 Å². The van der Waals surface area contributed by atoms with Crippen LogP contribution in [0, 0.1) is 17.0 Å². The Kier molecular flexibility index (Phi) is 3.14. The zero-order valence-electron chi connectivity index (χ0n) is 9.79. The van der Waals surface area contributed by atoms with Crippen LogP contribution in [-0.2, 0) is 0 Å². The standard InChI is InChI=1S/C13H12N2O3/c1-9-6-7-11(15(16)17)13(8-9)18-12-5-3-2-4-10(12)14/h2-8H,14H2,1H3. The maximum atomic E-state index is 10.9. The quantitative estimate of drug-likeness (QED) is 0.510. The van der Waals surface area contributed by atoms with E-state index in [4.69, 9.17) is 10.5 Å². The smallest absolute Gasteiger partial charge is 0.311 e. The second kappa shape index (κ2) is 4.75. The van der Waals surface area contributed by atoms with Crippen molar-refractivity contribution in [3.63, 3.8) is 0 Å². The van der Waals surface area contributed by atoms with E-state index < -0.39 is 4.92 Å². The van der Waals surface area contributed by atoms with E-state index in [1.807, 2.05) is 6.92 Å². The third kappa shape index (κ3) is 2.40. The highest BCUT2D eigenvalue weighted by molar-refractivity contribution is 5.57. The third-order valence-corrected chi connectivity index (χ3v) is 2.45. The SMILES string of the molecule is Cc1ccc([N+](=O)[O-])c(Oc2ccccc2N)c1. The van der Waals surface area contributed by atoms with Gasteiger partial charge in [-0.1, -0.05) is 18.2 Å². The van der Waals surface area contributed by atoms with Gasteiger partial charge in [0.2, 0.25) is 5.75 Å². The molecule has 2 N–H and O–H groups in total. The van der Waals surface area contributed by atoms with E-state index in [0.717, 1.165) is 5.56 Å². The van der Waals surface area contributed by atoms with Crippen molar-refractivity contribution in [2.24, 2.45) is 0 Å². The summed E-state index contributed by atoms with van der Waals surface area (Å²) in [5, 5.41) is 10.9. The highest BCUT2D eigenvalue weighted by Gasteiger charge is 2.16. The number of para-hydroxylation sites is 2. The molecule has 5 nitrogen and oxygen atoms in total. The number of hydrogen-bond donors (Lipinski definition) is 1. The summed E-state index contributed by atoms with van der Waals surface area (Å²) in [5.41, 5.74) is 6.98. The lowest BCUT2D eigenvalue weighted by Gasteiger charge is -2.08. The molecule has 0 atom stereocenters. The van der Waals surface area contributed by atoms with Crippen LogP contribution in [0.15, 0.2) is 42.5 Å². The van der Waals surface area contributed by atoms with Gasteiger partial charge in [-0.05, 0) is 30.7 Å². The molecule has 0 saturated carbocycles. The van der Waals surface area contributed by atoms with Gasteiger partial charge in [-0.25, -0.2) is 0 Å². The second-order valence-corrected chi connectivity index (χ2v) is 3.87. The molecule has 0 aliphatic rings. The summed E-state index contributed by atoms with van der Waals surface area (Å²) in [6, 6.07) is 11.6. The molecule has 0 aromatic heterocycles. The number of nitro benzene ring substituents is 1. The summed E-state index contributed by atoms with van der Waals surface area (Å²) in [5.74, 6) is 0.601. The van der Waals surface area contributed by atoms with Crippen molar-refractivity contribution in [3.8, 4) is 11.5 Å². The molecule has 0 aliphatic heterocycles. The lowest BCUT2D eigenvalue weighted by molar-refractivity contribution is -0.385. The lowest BCUT2D eigenvalue weighted by Crippen LogP contribution is -1.96. The van der Waals surface area contributed by atoms with Crippen LogP contribution in [-0.4, -0.2) is 4.92 Å². The van der Waals surface area contributed by atoms with Gasteiger partial charge in [0.1, 0.15) is 0 Å². The fourth-order valence-corrected chi connectivity index (χ4v) is 1.55. The van der Waals surface area contributed by atoms with Gasteiger partial charge >= 0.3 is 5.69 Å². The minimum Gasteiger partial charge on any atom is -0.448 e. The zero-order chi connectivity index (χ0) is 13.1. The summed E-state index contributed by atoms with van der Waals surface area (Å²) >= 11 is 0. The summed E-state index contributed by atoms with van der Waals surface area (Å²) in [6.45, 7) is 1.84. The van der Waals surface area contributed by atoms with Crippen LogP contribution in [0.25, 0.3) is 0 Å². The molecule has 0 unspecified atom stereocenters. The zero-order valence-corrected chi connectivity index (χ0v) is 9.79. The van der Waals surface area contributed by atoms with Crippen LogP contribution < -0.4 is 10.5 Å². The third-order valence-electron chi connectivity index (χ3n) is 2.45. The number of ether oxygens (including phenoxy) is 1. The monoisotopic (exact) mass is 244 g/mol. The Balaban J connectivity index is 2.42. The minimum atomic E-state index is -0.478. The molecule has 0 bridgehead atoms. The van der Waals surface area contributed by atoms with Crippen LogP contribution >= 0.6 is 0 Å². The van der Waals surface area contributed by atoms with Gasteiger partial charge in [0.05, 0.1) is 10.6 Å². The molecule has 2 aromatic carbocycles. The number of hydrogen-bond acceptors (Lipinski definition) is 4. The molecule has 2 aromatic rings. The van der Waals surface area contributed by atoms with Crippen molar-refractivity contribution < 1.29 is 9.66 Å². The van der Waals surface area contributed by atoms with Gasteiger partial charge in [-0.3, -0.25) is 10.1 Å². The number of rotatable bonds is 3. The van der Waals surface area contributed by atoms with Crippen molar-refractivity contribution in [2.45, 2.75) is 6.92 Å². The second-order valence-electron chi connectivity index (χ2n) is 3.87. The summed E-state index contributed by atoms with van der Waals surface area (Å²) in [6.07, 6.45) is 0. The molecule has 92 valence electrons. The lowest BCUT2D eigenvalue weighted by atomic mass is 10.2. The fourth-order valence-electron chi connectivity index (χ4n) is 1.55. The first-order valence-electron chi connectivity index (χ1n) is 5.35. The maximum absolute atomic E-state index is 10.9. The highest BCUT2D eigenvalue weighted by atomic mass is 16.6. The Morgan fingerprint density at radius 1 is 1.17 bits per heavy atom. The van der Waals surface area contributed by atoms with Crippen LogP contribution in [0.4, 0.5) is 11.4 Å². The summed E-state index contributed by atoms with van der Waals surface area (Å²) in [7, 11) is 0. The average Bonchev–Trinajstić information content (AvgIpc) is 2.32. The first-order chi connectivity index (χ1) is 8.58. The molecule has 2 rings (SSSR count). The number of aryl methyl sites for hydroxylation is 1. The molecule has 0 saturated heterocycles. The van der Waals surface area contributed by atoms with Crippen LogP contribution in [0.1, 0.15) is 5.56 Å². The predicted molar refractivity (Wildman–Crippen MR) is 68.8 cm³/mol. The maximum Gasteiger partial charge on any atom is 0.311 e. The number of nitrogens with two attached hydrogens (primary N) is 1. The number of benzene rings is 2. The number of nitrogens with zero attached hydrogens (tertiary/aromatic N) is 1. The van der Waals surface area contributed by atoms with Gasteiger partial charge in [0, 0.05) is 6.07 Å². The van der Waals surface area contributed by atoms with Crippen LogP contribution in [0.3, 0.4) is 0 Å². The average molecular weight is 244 g/mol. The van der Waals surface area contributed by atoms with Gasteiger partial charge in [0.15, 0.2) is 5.75 Å². The van der Waals surface area contributed by atoms with Crippen LogP contribution in [0.2, 0.25) is 0 Å². The number of nitro groups is 1. The van der Waals surface area contributed by atoms with Gasteiger partial charge in [0.25, 0.3) is 0 Å². The molecule has 0 fully saturated rings. The van der Waals surface area contributed by atoms with E-state index in [-0.39, 0.29) is 11.4 Å². The van der Waals surface area contributed by atoms with Gasteiger partial charge in [-0.15, -0.1) is 0 Å². The van der Waals surface area contributed by atoms with Crippen molar-refractivity contribution in [1.82, 2.24) is 0 Å². The molecular weight excluding hydrogens is 232 g/mol. The molecule has 0 amide bonds. The highest BCUT2D eigenvalue weighted by Crippen LogP contribution is 2.34. The van der Waals surface area contributed by atoms with E-state index >= 15 is 0 Å². The molecule has 0 spiro atoms. The Labute approximate surface area is 104 Å². The van der Waals surface area contributed by atoms with Crippen LogP contribution in [0.5, 0.6) is 11.5 Å². The summed E-state index contributed by atoms with van der Waals surface area (Å²) in [4.78, 5) is 10.4. The Hall–Kier alpha value is -2.56. The van der Waals surface area contributed by atoms with Crippen molar-refractivity contribution >= 4 is 11.4 Å². The van der Waals surface area contributed by atoms with E-state index in [9.17, 15) is 10.1 Å². The largest absolute Gasteiger partial charge is 0.448 e. The molecule has 0 heterocycles.